The lowest BCUT2D eigenvalue weighted by Gasteiger charge is -2.33. The number of hydrogen-bond donors (Lipinski definition) is 1. The van der Waals surface area contributed by atoms with Crippen LogP contribution in [0, 0.1) is 11.8 Å². The van der Waals surface area contributed by atoms with Crippen molar-refractivity contribution in [2.45, 2.75) is 65.3 Å². The highest BCUT2D eigenvalue weighted by molar-refractivity contribution is 4.74. The first-order valence-electron chi connectivity index (χ1n) is 7.59. The Kier molecular flexibility index (Phi) is 7.14. The van der Waals surface area contributed by atoms with E-state index in [2.05, 4.69) is 25.7 Å². The van der Waals surface area contributed by atoms with Gasteiger partial charge in [0.15, 0.2) is 0 Å². The Labute approximate surface area is 108 Å². The topological polar surface area (TPSA) is 29.3 Å². The summed E-state index contributed by atoms with van der Waals surface area (Å²) < 4.78 is 0. The van der Waals surface area contributed by atoms with Crippen molar-refractivity contribution >= 4 is 0 Å². The van der Waals surface area contributed by atoms with Gasteiger partial charge in [-0.1, -0.05) is 26.7 Å². The third-order valence-electron chi connectivity index (χ3n) is 4.11. The molecule has 0 spiro atoms. The molecule has 0 aromatic heterocycles. The number of nitrogens with two attached hydrogens (primary N) is 1. The quantitative estimate of drug-likeness (QED) is 0.670. The van der Waals surface area contributed by atoms with E-state index in [9.17, 15) is 0 Å². The van der Waals surface area contributed by atoms with Gasteiger partial charge in [-0.25, -0.2) is 0 Å². The van der Waals surface area contributed by atoms with E-state index in [0.29, 0.717) is 6.04 Å². The molecule has 2 N–H and O–H groups in total. The molecule has 0 amide bonds. The molecule has 2 atom stereocenters. The van der Waals surface area contributed by atoms with Crippen molar-refractivity contribution in [3.8, 4) is 0 Å². The fourth-order valence-electron chi connectivity index (χ4n) is 2.69. The van der Waals surface area contributed by atoms with E-state index in [1.807, 2.05) is 0 Å². The van der Waals surface area contributed by atoms with Crippen molar-refractivity contribution < 1.29 is 0 Å². The van der Waals surface area contributed by atoms with Gasteiger partial charge in [-0.3, -0.25) is 0 Å². The standard InChI is InChI=1S/C15H32N2/c1-4-17(12-15-9-6-10-15)11-13(2)7-5-8-14(3)16/h13-15H,4-12,16H2,1-3H3. The molecular formula is C15H32N2. The van der Waals surface area contributed by atoms with Gasteiger partial charge >= 0.3 is 0 Å². The van der Waals surface area contributed by atoms with E-state index in [0.717, 1.165) is 11.8 Å². The van der Waals surface area contributed by atoms with E-state index in [1.165, 1.54) is 58.2 Å². The molecule has 0 heterocycles. The Morgan fingerprint density at radius 1 is 1.24 bits per heavy atom. The summed E-state index contributed by atoms with van der Waals surface area (Å²) in [6.07, 6.45) is 8.21. The summed E-state index contributed by atoms with van der Waals surface area (Å²) in [5, 5.41) is 0. The predicted molar refractivity (Wildman–Crippen MR) is 76.1 cm³/mol. The summed E-state index contributed by atoms with van der Waals surface area (Å²) in [5.74, 6) is 1.83. The van der Waals surface area contributed by atoms with Crippen molar-refractivity contribution in [2.75, 3.05) is 19.6 Å². The van der Waals surface area contributed by atoms with Gasteiger partial charge in [-0.2, -0.15) is 0 Å². The molecular weight excluding hydrogens is 208 g/mol. The summed E-state index contributed by atoms with van der Waals surface area (Å²) in [7, 11) is 0. The SMILES string of the molecule is CCN(CC(C)CCCC(C)N)CC1CCC1. The lowest BCUT2D eigenvalue weighted by molar-refractivity contribution is 0.163. The molecule has 1 aliphatic rings. The van der Waals surface area contributed by atoms with E-state index in [-0.39, 0.29) is 0 Å². The highest BCUT2D eigenvalue weighted by Gasteiger charge is 2.20. The van der Waals surface area contributed by atoms with Crippen LogP contribution < -0.4 is 5.73 Å². The van der Waals surface area contributed by atoms with Gasteiger partial charge in [0.2, 0.25) is 0 Å². The Bertz CT molecular complexity index is 187. The predicted octanol–water partition coefficient (Wildman–Crippen LogP) is 3.26. The van der Waals surface area contributed by atoms with Crippen LogP contribution in [0.1, 0.15) is 59.3 Å². The fraction of sp³-hybridized carbons (Fsp3) is 1.00. The molecule has 0 radical (unpaired) electrons. The van der Waals surface area contributed by atoms with Crippen LogP contribution in [0.15, 0.2) is 0 Å². The zero-order valence-electron chi connectivity index (χ0n) is 12.1. The van der Waals surface area contributed by atoms with Crippen molar-refractivity contribution in [3.05, 3.63) is 0 Å². The average molecular weight is 240 g/mol. The fourth-order valence-corrected chi connectivity index (χ4v) is 2.69. The van der Waals surface area contributed by atoms with Gasteiger partial charge in [-0.05, 0) is 51.0 Å². The molecule has 2 unspecified atom stereocenters. The molecule has 1 aliphatic carbocycles. The van der Waals surface area contributed by atoms with E-state index < -0.39 is 0 Å². The average Bonchev–Trinajstić information content (AvgIpc) is 2.20. The molecule has 1 fully saturated rings. The Morgan fingerprint density at radius 3 is 2.41 bits per heavy atom. The van der Waals surface area contributed by atoms with E-state index in [4.69, 9.17) is 5.73 Å². The van der Waals surface area contributed by atoms with Crippen molar-refractivity contribution in [3.63, 3.8) is 0 Å². The third kappa shape index (κ3) is 6.42. The first-order valence-corrected chi connectivity index (χ1v) is 7.59. The highest BCUT2D eigenvalue weighted by atomic mass is 15.1. The molecule has 1 rings (SSSR count). The summed E-state index contributed by atoms with van der Waals surface area (Å²) >= 11 is 0. The second-order valence-electron chi connectivity index (χ2n) is 6.16. The van der Waals surface area contributed by atoms with Crippen LogP contribution in [0.3, 0.4) is 0 Å². The molecule has 0 bridgehead atoms. The third-order valence-corrected chi connectivity index (χ3v) is 4.11. The van der Waals surface area contributed by atoms with Gasteiger partial charge in [-0.15, -0.1) is 0 Å². The van der Waals surface area contributed by atoms with Crippen LogP contribution in [-0.4, -0.2) is 30.6 Å². The lowest BCUT2D eigenvalue weighted by Crippen LogP contribution is -2.35. The van der Waals surface area contributed by atoms with Crippen LogP contribution in [-0.2, 0) is 0 Å². The zero-order chi connectivity index (χ0) is 12.7. The van der Waals surface area contributed by atoms with Crippen LogP contribution in [0.5, 0.6) is 0 Å². The number of hydrogen-bond acceptors (Lipinski definition) is 2. The summed E-state index contributed by atoms with van der Waals surface area (Å²) in [5.41, 5.74) is 5.79. The molecule has 102 valence electrons. The van der Waals surface area contributed by atoms with Crippen LogP contribution >= 0.6 is 0 Å². The van der Waals surface area contributed by atoms with Crippen molar-refractivity contribution in [1.29, 1.82) is 0 Å². The van der Waals surface area contributed by atoms with E-state index >= 15 is 0 Å². The van der Waals surface area contributed by atoms with Gasteiger partial charge < -0.3 is 10.6 Å². The van der Waals surface area contributed by atoms with Gasteiger partial charge in [0.1, 0.15) is 0 Å². The van der Waals surface area contributed by atoms with Crippen molar-refractivity contribution in [1.82, 2.24) is 4.90 Å². The maximum atomic E-state index is 5.79. The monoisotopic (exact) mass is 240 g/mol. The first-order chi connectivity index (χ1) is 8.11. The molecule has 1 saturated carbocycles. The minimum absolute atomic E-state index is 0.374. The smallest absolute Gasteiger partial charge is 0.00104 e. The molecule has 0 saturated heterocycles. The van der Waals surface area contributed by atoms with Crippen LogP contribution in [0.2, 0.25) is 0 Å². The summed E-state index contributed by atoms with van der Waals surface area (Å²) in [6.45, 7) is 10.6. The normalized spacial score (nSPS) is 20.3. The second-order valence-corrected chi connectivity index (χ2v) is 6.16. The minimum atomic E-state index is 0.374. The molecule has 0 aromatic rings. The van der Waals surface area contributed by atoms with Crippen LogP contribution in [0.25, 0.3) is 0 Å². The Balaban J connectivity index is 2.10. The molecule has 2 heteroatoms. The molecule has 0 aromatic carbocycles. The summed E-state index contributed by atoms with van der Waals surface area (Å²) in [4.78, 5) is 2.65. The van der Waals surface area contributed by atoms with Gasteiger partial charge in [0.05, 0.1) is 0 Å². The maximum Gasteiger partial charge on any atom is 0.00104 e. The lowest BCUT2D eigenvalue weighted by atomic mass is 9.85. The minimum Gasteiger partial charge on any atom is -0.328 e. The Hall–Kier alpha value is -0.0800. The molecule has 0 aliphatic heterocycles. The molecule has 17 heavy (non-hydrogen) atoms. The maximum absolute atomic E-state index is 5.79. The van der Waals surface area contributed by atoms with Crippen molar-refractivity contribution in [2.24, 2.45) is 17.6 Å². The highest BCUT2D eigenvalue weighted by Crippen LogP contribution is 2.27. The van der Waals surface area contributed by atoms with E-state index in [1.54, 1.807) is 0 Å². The summed E-state index contributed by atoms with van der Waals surface area (Å²) in [6, 6.07) is 0.374. The second kappa shape index (κ2) is 8.10. The van der Waals surface area contributed by atoms with Gasteiger partial charge in [0, 0.05) is 19.1 Å². The Morgan fingerprint density at radius 2 is 1.94 bits per heavy atom. The van der Waals surface area contributed by atoms with Gasteiger partial charge in [0.25, 0.3) is 0 Å². The largest absolute Gasteiger partial charge is 0.328 e. The first kappa shape index (κ1) is 15.0. The number of nitrogens with zero attached hydrogens (tertiary/aromatic N) is 1. The van der Waals surface area contributed by atoms with Crippen LogP contribution in [0.4, 0.5) is 0 Å². The zero-order valence-corrected chi connectivity index (χ0v) is 12.1. The number of rotatable bonds is 9. The molecule has 2 nitrogen and oxygen atoms in total.